The Morgan fingerprint density at radius 3 is 2.64 bits per heavy atom. The lowest BCUT2D eigenvalue weighted by Gasteiger charge is -2.57. The van der Waals surface area contributed by atoms with Crippen molar-refractivity contribution in [2.24, 2.45) is 12.5 Å². The van der Waals surface area contributed by atoms with Crippen LogP contribution in [-0.2, 0) is 16.6 Å². The van der Waals surface area contributed by atoms with Gasteiger partial charge in [-0.15, -0.1) is 0 Å². The molecule has 140 valence electrons. The van der Waals surface area contributed by atoms with E-state index in [0.29, 0.717) is 18.7 Å². The molecule has 2 saturated carbocycles. The molecule has 0 aliphatic heterocycles. The quantitative estimate of drug-likeness (QED) is 0.859. The van der Waals surface area contributed by atoms with Crippen LogP contribution < -0.4 is 5.32 Å². The van der Waals surface area contributed by atoms with Gasteiger partial charge in [-0.05, 0) is 47.1 Å². The Bertz CT molecular complexity index is 634. The second-order valence-electron chi connectivity index (χ2n) is 7.77. The number of amides is 1. The molecule has 0 unspecified atom stereocenters. The fraction of sp³-hybridized carbons (Fsp3) is 0.789. The molecule has 0 aromatic carbocycles. The molecule has 3 rings (SSSR count). The van der Waals surface area contributed by atoms with Gasteiger partial charge in [0.05, 0.1) is 29.7 Å². The number of aromatic nitrogens is 2. The summed E-state index contributed by atoms with van der Waals surface area (Å²) in [6.07, 6.45) is 6.45. The van der Waals surface area contributed by atoms with Crippen LogP contribution in [0.4, 0.5) is 5.69 Å². The van der Waals surface area contributed by atoms with Gasteiger partial charge in [-0.1, -0.05) is 12.8 Å². The molecule has 0 saturated heterocycles. The van der Waals surface area contributed by atoms with Crippen molar-refractivity contribution in [2.75, 3.05) is 25.5 Å². The lowest BCUT2D eigenvalue weighted by atomic mass is 9.60. The minimum absolute atomic E-state index is 0.0368. The second-order valence-corrected chi connectivity index (χ2v) is 7.77. The van der Waals surface area contributed by atoms with E-state index in [1.54, 1.807) is 4.68 Å². The summed E-state index contributed by atoms with van der Waals surface area (Å²) in [6.45, 7) is 7.18. The molecule has 25 heavy (non-hydrogen) atoms. The Morgan fingerprint density at radius 2 is 2.08 bits per heavy atom. The van der Waals surface area contributed by atoms with E-state index < -0.39 is 0 Å². The standard InChI is InChI=1S/C19H32N4O2/c1-6-25-16-11-15(19(16)9-7-8-10-19)22(4)12-17(24)20-18-13(2)21-23(5)14(18)3/h15-16H,6-12H2,1-5H3,(H,20,24)/t15-,16-/m0/s1. The zero-order valence-electron chi connectivity index (χ0n) is 16.3. The van der Waals surface area contributed by atoms with Crippen LogP contribution in [0.15, 0.2) is 0 Å². The van der Waals surface area contributed by atoms with Crippen LogP contribution >= 0.6 is 0 Å². The van der Waals surface area contributed by atoms with Crippen molar-refractivity contribution < 1.29 is 9.53 Å². The average molecular weight is 348 g/mol. The summed E-state index contributed by atoms with van der Waals surface area (Å²) in [5, 5.41) is 7.42. The fourth-order valence-electron chi connectivity index (χ4n) is 4.94. The van der Waals surface area contributed by atoms with Gasteiger partial charge in [-0.3, -0.25) is 14.4 Å². The van der Waals surface area contributed by atoms with Gasteiger partial charge in [0.25, 0.3) is 0 Å². The number of ether oxygens (including phenoxy) is 1. The summed E-state index contributed by atoms with van der Waals surface area (Å²) >= 11 is 0. The highest BCUT2D eigenvalue weighted by Crippen LogP contribution is 2.56. The van der Waals surface area contributed by atoms with E-state index in [0.717, 1.165) is 30.1 Å². The SMILES string of the molecule is CCO[C@H]1C[C@H](N(C)CC(=O)Nc2c(C)nn(C)c2C)C12CCCC2. The maximum absolute atomic E-state index is 12.6. The molecule has 1 heterocycles. The Balaban J connectivity index is 1.62. The number of aryl methyl sites for hydroxylation is 2. The highest BCUT2D eigenvalue weighted by atomic mass is 16.5. The zero-order valence-corrected chi connectivity index (χ0v) is 16.3. The number of rotatable bonds is 6. The summed E-state index contributed by atoms with van der Waals surface area (Å²) in [4.78, 5) is 14.8. The van der Waals surface area contributed by atoms with Crippen molar-refractivity contribution >= 4 is 11.6 Å². The number of hydrogen-bond acceptors (Lipinski definition) is 4. The van der Waals surface area contributed by atoms with Crippen LogP contribution in [0.2, 0.25) is 0 Å². The smallest absolute Gasteiger partial charge is 0.238 e. The molecule has 2 aliphatic rings. The molecule has 6 heteroatoms. The third kappa shape index (κ3) is 3.22. The predicted octanol–water partition coefficient (Wildman–Crippen LogP) is 2.65. The van der Waals surface area contributed by atoms with Crippen LogP contribution in [0, 0.1) is 19.3 Å². The fourth-order valence-corrected chi connectivity index (χ4v) is 4.94. The third-order valence-corrected chi connectivity index (χ3v) is 6.34. The van der Waals surface area contributed by atoms with Crippen molar-refractivity contribution in [2.45, 2.75) is 65.0 Å². The van der Waals surface area contributed by atoms with E-state index in [1.165, 1.54) is 25.7 Å². The van der Waals surface area contributed by atoms with E-state index in [1.807, 2.05) is 20.9 Å². The minimum atomic E-state index is 0.0368. The Hall–Kier alpha value is -1.40. The maximum atomic E-state index is 12.6. The summed E-state index contributed by atoms with van der Waals surface area (Å²) < 4.78 is 7.80. The first kappa shape index (κ1) is 18.4. The highest BCUT2D eigenvalue weighted by Gasteiger charge is 2.57. The Kier molecular flexibility index (Phi) is 5.21. The number of anilines is 1. The average Bonchev–Trinajstić information content (AvgIpc) is 3.14. The van der Waals surface area contributed by atoms with Gasteiger partial charge in [0.2, 0.25) is 5.91 Å². The van der Waals surface area contributed by atoms with Gasteiger partial charge in [-0.2, -0.15) is 5.10 Å². The van der Waals surface area contributed by atoms with Crippen LogP contribution in [0.1, 0.15) is 50.4 Å². The van der Waals surface area contributed by atoms with Gasteiger partial charge in [0.1, 0.15) is 0 Å². The summed E-state index contributed by atoms with van der Waals surface area (Å²) in [7, 11) is 3.98. The lowest BCUT2D eigenvalue weighted by Crippen LogP contribution is -2.63. The first-order chi connectivity index (χ1) is 11.9. The minimum Gasteiger partial charge on any atom is -0.378 e. The Morgan fingerprint density at radius 1 is 1.40 bits per heavy atom. The van der Waals surface area contributed by atoms with Crippen molar-refractivity contribution in [3.63, 3.8) is 0 Å². The molecule has 1 N–H and O–H groups in total. The summed E-state index contributed by atoms with van der Waals surface area (Å²) in [5.74, 6) is 0.0368. The molecule has 0 bridgehead atoms. The third-order valence-electron chi connectivity index (χ3n) is 6.34. The second kappa shape index (κ2) is 7.08. The largest absolute Gasteiger partial charge is 0.378 e. The van der Waals surface area contributed by atoms with Crippen molar-refractivity contribution in [3.05, 3.63) is 11.4 Å². The molecule has 1 spiro atoms. The molecular formula is C19H32N4O2. The van der Waals surface area contributed by atoms with Crippen LogP contribution in [0.25, 0.3) is 0 Å². The maximum Gasteiger partial charge on any atom is 0.238 e. The monoisotopic (exact) mass is 348 g/mol. The van der Waals surface area contributed by atoms with E-state index >= 15 is 0 Å². The van der Waals surface area contributed by atoms with Gasteiger partial charge in [0.15, 0.2) is 0 Å². The van der Waals surface area contributed by atoms with Crippen LogP contribution in [0.3, 0.4) is 0 Å². The van der Waals surface area contributed by atoms with Crippen molar-refractivity contribution in [1.29, 1.82) is 0 Å². The van der Waals surface area contributed by atoms with Crippen LogP contribution in [-0.4, -0.2) is 52.9 Å². The predicted molar refractivity (Wildman–Crippen MR) is 98.7 cm³/mol. The number of hydrogen-bond donors (Lipinski definition) is 1. The molecule has 0 radical (unpaired) electrons. The van der Waals surface area contributed by atoms with E-state index in [9.17, 15) is 4.79 Å². The molecule has 2 atom stereocenters. The van der Waals surface area contributed by atoms with Crippen LogP contribution in [0.5, 0.6) is 0 Å². The molecule has 6 nitrogen and oxygen atoms in total. The molecular weight excluding hydrogens is 316 g/mol. The van der Waals surface area contributed by atoms with Gasteiger partial charge >= 0.3 is 0 Å². The van der Waals surface area contributed by atoms with E-state index in [4.69, 9.17) is 4.74 Å². The molecule has 1 aromatic rings. The van der Waals surface area contributed by atoms with Gasteiger partial charge in [0, 0.05) is 25.1 Å². The topological polar surface area (TPSA) is 59.4 Å². The zero-order chi connectivity index (χ0) is 18.2. The van der Waals surface area contributed by atoms with E-state index in [-0.39, 0.29) is 11.3 Å². The Labute approximate surface area is 150 Å². The summed E-state index contributed by atoms with van der Waals surface area (Å²) in [5.41, 5.74) is 2.96. The number of nitrogens with one attached hydrogen (secondary N) is 1. The number of carbonyl (C=O) groups excluding carboxylic acids is 1. The molecule has 1 aromatic heterocycles. The highest BCUT2D eigenvalue weighted by molar-refractivity contribution is 5.93. The molecule has 2 aliphatic carbocycles. The summed E-state index contributed by atoms with van der Waals surface area (Å²) in [6, 6.07) is 0.452. The van der Waals surface area contributed by atoms with Crippen molar-refractivity contribution in [3.8, 4) is 0 Å². The molecule has 1 amide bonds. The van der Waals surface area contributed by atoms with Gasteiger partial charge in [-0.25, -0.2) is 0 Å². The lowest BCUT2D eigenvalue weighted by molar-refractivity contribution is -0.162. The number of likely N-dealkylation sites (N-methyl/N-ethyl adjacent to an activating group) is 1. The number of nitrogens with zero attached hydrogens (tertiary/aromatic N) is 3. The number of carbonyl (C=O) groups is 1. The van der Waals surface area contributed by atoms with E-state index in [2.05, 4.69) is 29.3 Å². The normalized spacial score (nSPS) is 24.7. The first-order valence-electron chi connectivity index (χ1n) is 9.51. The molecule has 2 fully saturated rings. The van der Waals surface area contributed by atoms with Crippen molar-refractivity contribution in [1.82, 2.24) is 14.7 Å². The van der Waals surface area contributed by atoms with Gasteiger partial charge < -0.3 is 10.1 Å². The first-order valence-corrected chi connectivity index (χ1v) is 9.51.